The average Bonchev–Trinajstić information content (AvgIpc) is 2.98. The van der Waals surface area contributed by atoms with Gasteiger partial charge in [-0.3, -0.25) is 4.72 Å². The Morgan fingerprint density at radius 2 is 1.81 bits per heavy atom. The maximum absolute atomic E-state index is 13.3. The number of thiocarbonyl (C=S) groups is 1. The third kappa shape index (κ3) is 4.82. The summed E-state index contributed by atoms with van der Waals surface area (Å²) in [7, 11) is -3.93. The van der Waals surface area contributed by atoms with Gasteiger partial charge in [-0.05, 0) is 87.6 Å². The normalized spacial score (nSPS) is 14.7. The molecule has 5 nitrogen and oxygen atoms in total. The standard InChI is InChI=1S/C22H26F2N2O3S2/c1-12-13(2)20(14(3)16-11-22(4,5)29-19(12)16)31(27,28)26-21(30)25-9-8-15-6-7-17(23)18(24)10-15/h6-7,10H,8-9,11H2,1-5H3,(H2,25,26,30). The molecule has 1 aliphatic rings. The summed E-state index contributed by atoms with van der Waals surface area (Å²) in [5.41, 5.74) is 3.14. The Hall–Kier alpha value is -2.26. The molecule has 2 N–H and O–H groups in total. The number of benzene rings is 2. The van der Waals surface area contributed by atoms with Gasteiger partial charge in [-0.1, -0.05) is 6.07 Å². The molecule has 31 heavy (non-hydrogen) atoms. The Bertz CT molecular complexity index is 1160. The summed E-state index contributed by atoms with van der Waals surface area (Å²) in [5, 5.41) is 2.75. The van der Waals surface area contributed by atoms with Crippen LogP contribution in [0.4, 0.5) is 8.78 Å². The highest BCUT2D eigenvalue weighted by molar-refractivity contribution is 7.92. The highest BCUT2D eigenvalue weighted by atomic mass is 32.2. The number of halogens is 2. The van der Waals surface area contributed by atoms with Crippen molar-refractivity contribution in [2.24, 2.45) is 0 Å². The SMILES string of the molecule is Cc1c(C)c(S(=O)(=O)NC(=S)NCCc2ccc(F)c(F)c2)c(C)c2c1OC(C)(C)C2. The van der Waals surface area contributed by atoms with Crippen molar-refractivity contribution in [1.29, 1.82) is 0 Å². The van der Waals surface area contributed by atoms with Crippen molar-refractivity contribution in [2.75, 3.05) is 6.54 Å². The van der Waals surface area contributed by atoms with Gasteiger partial charge in [0, 0.05) is 18.5 Å². The lowest BCUT2D eigenvalue weighted by Gasteiger charge is -2.19. The second-order valence-electron chi connectivity index (χ2n) is 8.41. The first kappa shape index (κ1) is 23.4. The minimum Gasteiger partial charge on any atom is -0.487 e. The maximum atomic E-state index is 13.3. The fraction of sp³-hybridized carbons (Fsp3) is 0.409. The highest BCUT2D eigenvalue weighted by Gasteiger charge is 2.36. The quantitative estimate of drug-likeness (QED) is 0.650. The van der Waals surface area contributed by atoms with Gasteiger partial charge in [0.1, 0.15) is 11.4 Å². The van der Waals surface area contributed by atoms with Crippen LogP contribution in [-0.4, -0.2) is 25.7 Å². The smallest absolute Gasteiger partial charge is 0.264 e. The van der Waals surface area contributed by atoms with Crippen molar-refractivity contribution < 1.29 is 21.9 Å². The van der Waals surface area contributed by atoms with Gasteiger partial charge in [-0.15, -0.1) is 0 Å². The molecule has 2 aromatic rings. The third-order valence-corrected chi connectivity index (χ3v) is 7.47. The molecule has 1 heterocycles. The third-order valence-electron chi connectivity index (χ3n) is 5.47. The first-order chi connectivity index (χ1) is 14.3. The van der Waals surface area contributed by atoms with E-state index in [0.717, 1.165) is 29.0 Å². The summed E-state index contributed by atoms with van der Waals surface area (Å²) < 4.78 is 61.1. The van der Waals surface area contributed by atoms with Crippen molar-refractivity contribution >= 4 is 27.4 Å². The molecular formula is C22H26F2N2O3S2. The second kappa shape index (κ2) is 8.35. The van der Waals surface area contributed by atoms with E-state index in [4.69, 9.17) is 17.0 Å². The molecule has 0 atom stereocenters. The zero-order valence-corrected chi connectivity index (χ0v) is 19.8. The Kier molecular flexibility index (Phi) is 6.30. The molecular weight excluding hydrogens is 442 g/mol. The minimum atomic E-state index is -3.93. The van der Waals surface area contributed by atoms with E-state index in [9.17, 15) is 17.2 Å². The van der Waals surface area contributed by atoms with Crippen molar-refractivity contribution in [3.63, 3.8) is 0 Å². The summed E-state index contributed by atoms with van der Waals surface area (Å²) in [6.07, 6.45) is 0.968. The number of sulfonamides is 1. The van der Waals surface area contributed by atoms with Gasteiger partial charge in [-0.25, -0.2) is 17.2 Å². The zero-order chi connectivity index (χ0) is 23.1. The predicted octanol–water partition coefficient (Wildman–Crippen LogP) is 4.00. The van der Waals surface area contributed by atoms with Gasteiger partial charge in [0.15, 0.2) is 16.7 Å². The minimum absolute atomic E-state index is 0.0592. The monoisotopic (exact) mass is 468 g/mol. The maximum Gasteiger partial charge on any atom is 0.264 e. The number of hydrogen-bond donors (Lipinski definition) is 2. The molecule has 0 fully saturated rings. The highest BCUT2D eigenvalue weighted by Crippen LogP contribution is 2.43. The Morgan fingerprint density at radius 1 is 1.13 bits per heavy atom. The molecule has 0 aliphatic carbocycles. The molecule has 1 aliphatic heterocycles. The molecule has 0 bridgehead atoms. The largest absolute Gasteiger partial charge is 0.487 e. The van der Waals surface area contributed by atoms with Crippen LogP contribution < -0.4 is 14.8 Å². The lowest BCUT2D eigenvalue weighted by atomic mass is 9.94. The molecule has 0 unspecified atom stereocenters. The lowest BCUT2D eigenvalue weighted by molar-refractivity contribution is 0.137. The van der Waals surface area contributed by atoms with Crippen molar-refractivity contribution in [1.82, 2.24) is 10.0 Å². The Balaban J connectivity index is 1.74. The summed E-state index contributed by atoms with van der Waals surface area (Å²) in [4.78, 5) is 0.204. The van der Waals surface area contributed by atoms with Crippen LogP contribution in [-0.2, 0) is 22.9 Å². The second-order valence-corrected chi connectivity index (χ2v) is 10.4. The lowest BCUT2D eigenvalue weighted by Crippen LogP contribution is -2.40. The molecule has 0 saturated heterocycles. The molecule has 9 heteroatoms. The Labute approximate surface area is 187 Å². The zero-order valence-electron chi connectivity index (χ0n) is 18.2. The van der Waals surface area contributed by atoms with E-state index >= 15 is 0 Å². The molecule has 0 saturated carbocycles. The van der Waals surface area contributed by atoms with Crippen molar-refractivity contribution in [3.05, 3.63) is 57.7 Å². The van der Waals surface area contributed by atoms with Crippen LogP contribution in [0.1, 0.15) is 41.7 Å². The topological polar surface area (TPSA) is 67.4 Å². The van der Waals surface area contributed by atoms with E-state index in [1.165, 1.54) is 6.07 Å². The molecule has 0 spiro atoms. The van der Waals surface area contributed by atoms with Crippen LogP contribution >= 0.6 is 12.2 Å². The molecule has 0 aromatic heterocycles. The number of ether oxygens (including phenoxy) is 1. The van der Waals surface area contributed by atoms with Gasteiger partial charge < -0.3 is 10.1 Å². The fourth-order valence-electron chi connectivity index (χ4n) is 3.87. The van der Waals surface area contributed by atoms with Crippen LogP contribution in [0.2, 0.25) is 0 Å². The number of fused-ring (bicyclic) bond motifs is 1. The van der Waals surface area contributed by atoms with Crippen LogP contribution in [0.3, 0.4) is 0 Å². The van der Waals surface area contributed by atoms with Crippen LogP contribution in [0.5, 0.6) is 5.75 Å². The van der Waals surface area contributed by atoms with E-state index < -0.39 is 27.3 Å². The molecule has 3 rings (SSSR count). The van der Waals surface area contributed by atoms with E-state index in [-0.39, 0.29) is 16.6 Å². The molecule has 0 radical (unpaired) electrons. The predicted molar refractivity (Wildman–Crippen MR) is 120 cm³/mol. The first-order valence-corrected chi connectivity index (χ1v) is 11.8. The summed E-state index contributed by atoms with van der Waals surface area (Å²) in [6, 6.07) is 3.63. The van der Waals surface area contributed by atoms with Gasteiger partial charge in [0.05, 0.1) is 4.90 Å². The van der Waals surface area contributed by atoms with E-state index in [0.29, 0.717) is 29.5 Å². The van der Waals surface area contributed by atoms with Gasteiger partial charge >= 0.3 is 0 Å². The molecule has 0 amide bonds. The van der Waals surface area contributed by atoms with Crippen LogP contribution in [0.25, 0.3) is 0 Å². The van der Waals surface area contributed by atoms with Gasteiger partial charge in [0.25, 0.3) is 10.0 Å². The average molecular weight is 469 g/mol. The molecule has 168 valence electrons. The summed E-state index contributed by atoms with van der Waals surface area (Å²) in [6.45, 7) is 9.59. The first-order valence-electron chi connectivity index (χ1n) is 9.88. The Morgan fingerprint density at radius 3 is 2.45 bits per heavy atom. The van der Waals surface area contributed by atoms with E-state index in [1.54, 1.807) is 13.8 Å². The van der Waals surface area contributed by atoms with E-state index in [1.807, 2.05) is 20.8 Å². The summed E-state index contributed by atoms with van der Waals surface area (Å²) >= 11 is 5.16. The van der Waals surface area contributed by atoms with Crippen LogP contribution in [0, 0.1) is 32.4 Å². The summed E-state index contributed by atoms with van der Waals surface area (Å²) in [5.74, 6) is -1.08. The molecule has 2 aromatic carbocycles. The van der Waals surface area contributed by atoms with Gasteiger partial charge in [-0.2, -0.15) is 0 Å². The number of hydrogen-bond acceptors (Lipinski definition) is 4. The number of nitrogens with one attached hydrogen (secondary N) is 2. The fourth-order valence-corrected chi connectivity index (χ4v) is 5.80. The van der Waals surface area contributed by atoms with Crippen LogP contribution in [0.15, 0.2) is 23.1 Å². The van der Waals surface area contributed by atoms with E-state index in [2.05, 4.69) is 10.0 Å². The van der Waals surface area contributed by atoms with Crippen molar-refractivity contribution in [2.45, 2.75) is 58.0 Å². The van der Waals surface area contributed by atoms with Gasteiger partial charge in [0.2, 0.25) is 0 Å². The number of rotatable bonds is 5. The van der Waals surface area contributed by atoms with Crippen molar-refractivity contribution in [3.8, 4) is 5.75 Å².